The summed E-state index contributed by atoms with van der Waals surface area (Å²) in [7, 11) is 3.01. The van der Waals surface area contributed by atoms with Crippen molar-refractivity contribution in [2.24, 2.45) is 25.9 Å². The van der Waals surface area contributed by atoms with E-state index in [1.54, 1.807) is 7.05 Å². The molecule has 0 bridgehead atoms. The summed E-state index contributed by atoms with van der Waals surface area (Å²) in [6, 6.07) is 3.80. The highest BCUT2D eigenvalue weighted by atomic mass is 35.5. The number of hydrogen-bond donors (Lipinski definition) is 3. The number of carbonyl (C=O) groups is 1. The SMILES string of the molecule is Cn1cc(C2(O)C[C@H]3CC(c4nn(C)c(N)c4C(=O)Nc4ccc(F)c(Cl)c4)C[C@H]3C2)c(C(F)(F)F)n1. The number of rotatable bonds is 4. The first-order valence-electron chi connectivity index (χ1n) is 11.7. The lowest BCUT2D eigenvalue weighted by molar-refractivity contribution is -0.144. The Hall–Kier alpha value is -3.12. The molecule has 1 aromatic carbocycles. The molecule has 2 aliphatic carbocycles. The molecule has 2 saturated carbocycles. The fraction of sp³-hybridized carbons (Fsp3) is 0.458. The van der Waals surface area contributed by atoms with Gasteiger partial charge in [0.05, 0.1) is 16.3 Å². The van der Waals surface area contributed by atoms with Crippen LogP contribution < -0.4 is 11.1 Å². The van der Waals surface area contributed by atoms with Gasteiger partial charge in [0.1, 0.15) is 17.2 Å². The number of nitrogens with one attached hydrogen (secondary N) is 1. The van der Waals surface area contributed by atoms with Gasteiger partial charge in [-0.2, -0.15) is 23.4 Å². The maximum atomic E-state index is 13.5. The van der Waals surface area contributed by atoms with Crippen LogP contribution in [0, 0.1) is 17.7 Å². The van der Waals surface area contributed by atoms with Crippen LogP contribution in [0.4, 0.5) is 29.1 Å². The molecule has 37 heavy (non-hydrogen) atoms. The van der Waals surface area contributed by atoms with E-state index in [0.29, 0.717) is 18.5 Å². The van der Waals surface area contributed by atoms with Crippen LogP contribution in [0.25, 0.3) is 0 Å². The number of amides is 1. The van der Waals surface area contributed by atoms with Gasteiger partial charge in [0, 0.05) is 37.5 Å². The van der Waals surface area contributed by atoms with Gasteiger partial charge in [-0.05, 0) is 55.7 Å². The normalized spacial score (nSPS) is 25.5. The van der Waals surface area contributed by atoms with Crippen molar-refractivity contribution in [2.45, 2.75) is 43.4 Å². The average molecular weight is 541 g/mol. The van der Waals surface area contributed by atoms with Gasteiger partial charge < -0.3 is 16.2 Å². The van der Waals surface area contributed by atoms with Gasteiger partial charge in [0.25, 0.3) is 5.91 Å². The van der Waals surface area contributed by atoms with E-state index in [0.717, 1.165) is 10.7 Å². The summed E-state index contributed by atoms with van der Waals surface area (Å²) < 4.78 is 56.6. The molecule has 0 radical (unpaired) electrons. The molecule has 198 valence electrons. The van der Waals surface area contributed by atoms with E-state index in [1.807, 2.05) is 0 Å². The fourth-order valence-corrected chi connectivity index (χ4v) is 6.17. The number of nitrogen functional groups attached to an aromatic ring is 1. The molecule has 4 atom stereocenters. The molecular weight excluding hydrogens is 516 g/mol. The lowest BCUT2D eigenvalue weighted by atomic mass is 9.87. The number of nitrogens with zero attached hydrogens (tertiary/aromatic N) is 4. The smallest absolute Gasteiger partial charge is 0.385 e. The Labute approximate surface area is 214 Å². The topological polar surface area (TPSA) is 111 Å². The number of fused-ring (bicyclic) bond motifs is 1. The molecule has 0 aliphatic heterocycles. The second kappa shape index (κ2) is 8.73. The summed E-state index contributed by atoms with van der Waals surface area (Å²) in [5, 5.41) is 21.8. The number of anilines is 2. The summed E-state index contributed by atoms with van der Waals surface area (Å²) in [6.45, 7) is 0. The second-order valence-electron chi connectivity index (χ2n) is 10.0. The molecule has 1 amide bonds. The van der Waals surface area contributed by atoms with E-state index in [4.69, 9.17) is 17.3 Å². The Morgan fingerprint density at radius 3 is 2.46 bits per heavy atom. The predicted octanol–water partition coefficient (Wildman–Crippen LogP) is 4.59. The number of alkyl halides is 3. The number of aliphatic hydroxyl groups is 1. The van der Waals surface area contributed by atoms with E-state index in [9.17, 15) is 27.5 Å². The maximum absolute atomic E-state index is 13.5. The fourth-order valence-electron chi connectivity index (χ4n) is 5.99. The number of aryl methyl sites for hydroxylation is 2. The summed E-state index contributed by atoms with van der Waals surface area (Å²) in [6.07, 6.45) is -2.05. The summed E-state index contributed by atoms with van der Waals surface area (Å²) in [4.78, 5) is 13.2. The van der Waals surface area contributed by atoms with E-state index in [1.165, 1.54) is 30.1 Å². The quantitative estimate of drug-likeness (QED) is 0.419. The Morgan fingerprint density at radius 2 is 1.86 bits per heavy atom. The Bertz CT molecular complexity index is 1370. The third-order valence-electron chi connectivity index (χ3n) is 7.55. The zero-order valence-electron chi connectivity index (χ0n) is 20.0. The molecule has 2 aliphatic rings. The van der Waals surface area contributed by atoms with E-state index in [-0.39, 0.29) is 58.3 Å². The summed E-state index contributed by atoms with van der Waals surface area (Å²) >= 11 is 5.82. The monoisotopic (exact) mass is 540 g/mol. The van der Waals surface area contributed by atoms with Crippen molar-refractivity contribution in [3.63, 3.8) is 0 Å². The number of aromatic nitrogens is 4. The number of carbonyl (C=O) groups excluding carboxylic acids is 1. The van der Waals surface area contributed by atoms with Crippen molar-refractivity contribution < 1.29 is 27.5 Å². The molecule has 5 rings (SSSR count). The first-order chi connectivity index (χ1) is 17.3. The lowest BCUT2D eigenvalue weighted by Crippen LogP contribution is -2.26. The predicted molar refractivity (Wildman–Crippen MR) is 127 cm³/mol. The molecule has 8 nitrogen and oxygen atoms in total. The molecule has 4 N–H and O–H groups in total. The minimum atomic E-state index is -4.67. The van der Waals surface area contributed by atoms with Gasteiger partial charge >= 0.3 is 6.18 Å². The molecule has 2 heterocycles. The van der Waals surface area contributed by atoms with Gasteiger partial charge in [-0.3, -0.25) is 14.2 Å². The van der Waals surface area contributed by atoms with E-state index in [2.05, 4.69) is 15.5 Å². The van der Waals surface area contributed by atoms with Crippen LogP contribution in [-0.4, -0.2) is 30.6 Å². The van der Waals surface area contributed by atoms with Crippen molar-refractivity contribution in [2.75, 3.05) is 11.1 Å². The molecule has 3 aromatic rings. The van der Waals surface area contributed by atoms with Gasteiger partial charge in [0.15, 0.2) is 5.69 Å². The first-order valence-corrected chi connectivity index (χ1v) is 12.1. The largest absolute Gasteiger partial charge is 0.435 e. The van der Waals surface area contributed by atoms with Gasteiger partial charge in [-0.15, -0.1) is 0 Å². The summed E-state index contributed by atoms with van der Waals surface area (Å²) in [5.74, 6) is -1.29. The minimum Gasteiger partial charge on any atom is -0.385 e. The molecule has 2 unspecified atom stereocenters. The first kappa shape index (κ1) is 25.5. The molecule has 2 fully saturated rings. The van der Waals surface area contributed by atoms with Crippen LogP contribution in [0.5, 0.6) is 0 Å². The molecule has 0 saturated heterocycles. The number of benzene rings is 1. The van der Waals surface area contributed by atoms with Crippen molar-refractivity contribution in [3.05, 3.63) is 57.8 Å². The van der Waals surface area contributed by atoms with Crippen molar-refractivity contribution in [3.8, 4) is 0 Å². The Morgan fingerprint density at radius 1 is 1.22 bits per heavy atom. The Balaban J connectivity index is 1.37. The molecule has 13 heteroatoms. The number of hydrogen-bond acceptors (Lipinski definition) is 5. The van der Waals surface area contributed by atoms with Crippen molar-refractivity contribution in [1.82, 2.24) is 19.6 Å². The van der Waals surface area contributed by atoms with Crippen LogP contribution in [0.1, 0.15) is 58.9 Å². The van der Waals surface area contributed by atoms with Crippen LogP contribution >= 0.6 is 11.6 Å². The standard InChI is InChI=1S/C24H25ClF4N6O2/c1-34-10-15(20(33-34)24(27,28)29)23(37)8-12-5-11(6-13(12)9-23)19-18(21(30)35(2)32-19)22(36)31-14-3-4-17(26)16(25)7-14/h3-4,7,10-13,37H,5-6,8-9,30H2,1-2H3,(H,31,36)/t11?,12-,13+,23?. The lowest BCUT2D eigenvalue weighted by Gasteiger charge is -2.25. The third-order valence-corrected chi connectivity index (χ3v) is 7.84. The number of halogens is 5. The zero-order valence-corrected chi connectivity index (χ0v) is 20.7. The molecule has 2 aromatic heterocycles. The minimum absolute atomic E-state index is 0.0636. The highest BCUT2D eigenvalue weighted by Crippen LogP contribution is 2.58. The third kappa shape index (κ3) is 4.46. The van der Waals surface area contributed by atoms with Gasteiger partial charge in [-0.1, -0.05) is 11.6 Å². The highest BCUT2D eigenvalue weighted by Gasteiger charge is 2.54. The van der Waals surface area contributed by atoms with Gasteiger partial charge in [-0.25, -0.2) is 4.39 Å². The van der Waals surface area contributed by atoms with Crippen molar-refractivity contribution in [1.29, 1.82) is 0 Å². The van der Waals surface area contributed by atoms with Crippen LogP contribution in [0.2, 0.25) is 5.02 Å². The van der Waals surface area contributed by atoms with Gasteiger partial charge in [0.2, 0.25) is 0 Å². The molecular formula is C24H25ClF4N6O2. The second-order valence-corrected chi connectivity index (χ2v) is 10.5. The van der Waals surface area contributed by atoms with E-state index < -0.39 is 29.2 Å². The number of nitrogens with two attached hydrogens (primary N) is 1. The van der Waals surface area contributed by atoms with Crippen LogP contribution in [0.15, 0.2) is 24.4 Å². The van der Waals surface area contributed by atoms with Crippen LogP contribution in [-0.2, 0) is 25.9 Å². The summed E-state index contributed by atoms with van der Waals surface area (Å²) in [5.41, 5.74) is 4.24. The zero-order chi connectivity index (χ0) is 26.9. The molecule has 0 spiro atoms. The average Bonchev–Trinajstić information content (AvgIpc) is 3.52. The van der Waals surface area contributed by atoms with E-state index >= 15 is 0 Å². The van der Waals surface area contributed by atoms with Crippen molar-refractivity contribution >= 4 is 29.0 Å². The maximum Gasteiger partial charge on any atom is 0.435 e. The highest BCUT2D eigenvalue weighted by molar-refractivity contribution is 6.31. The Kier molecular flexibility index (Phi) is 6.02. The van der Waals surface area contributed by atoms with Crippen LogP contribution in [0.3, 0.4) is 0 Å².